The van der Waals surface area contributed by atoms with Crippen molar-refractivity contribution in [1.82, 2.24) is 19.9 Å². The number of hydrogen-bond donors (Lipinski definition) is 1. The number of rotatable bonds is 5. The molecular weight excluding hydrogens is 424 g/mol. The highest BCUT2D eigenvalue weighted by molar-refractivity contribution is 6.06. The summed E-state index contributed by atoms with van der Waals surface area (Å²) in [7, 11) is 3.95. The highest BCUT2D eigenvalue weighted by Gasteiger charge is 2.16. The number of benzene rings is 2. The van der Waals surface area contributed by atoms with E-state index in [1.54, 1.807) is 30.6 Å². The molecule has 7 heteroatoms. The maximum atomic E-state index is 12.9. The van der Waals surface area contributed by atoms with Crippen molar-refractivity contribution in [1.29, 1.82) is 0 Å². The molecule has 1 N–H and O–H groups in total. The van der Waals surface area contributed by atoms with Gasteiger partial charge in [0.1, 0.15) is 11.4 Å². The molecule has 0 aliphatic rings. The van der Waals surface area contributed by atoms with E-state index in [9.17, 15) is 4.79 Å². The van der Waals surface area contributed by atoms with Crippen molar-refractivity contribution in [3.8, 4) is 22.8 Å². The second kappa shape index (κ2) is 9.07. The van der Waals surface area contributed by atoms with Gasteiger partial charge in [-0.15, -0.1) is 0 Å². The molecule has 0 radical (unpaired) electrons. The Morgan fingerprint density at radius 1 is 0.735 bits per heavy atom. The molecule has 0 fully saturated rings. The monoisotopic (exact) mass is 446 g/mol. The van der Waals surface area contributed by atoms with E-state index in [0.717, 1.165) is 11.4 Å². The van der Waals surface area contributed by atoms with E-state index in [2.05, 4.69) is 15.3 Å². The average Bonchev–Trinajstić information content (AvgIpc) is 2.89. The number of carbonyl (C=O) groups is 1. The molecule has 0 saturated heterocycles. The third-order valence-electron chi connectivity index (χ3n) is 5.38. The van der Waals surface area contributed by atoms with Crippen LogP contribution in [0, 0.1) is 0 Å². The standard InChI is InChI=1S/C27H22N6O/c1-33(2)20-12-10-19(11-13-20)30-27(34)18-9-14-21-24(17-18)32-26(23-8-4-6-16-29-23)25(31-21)22-7-3-5-15-28-22/h3-17H,1-2H3,(H,30,34). The maximum Gasteiger partial charge on any atom is 0.255 e. The van der Waals surface area contributed by atoms with Crippen LogP contribution in [0.4, 0.5) is 11.4 Å². The van der Waals surface area contributed by atoms with Crippen molar-refractivity contribution < 1.29 is 4.79 Å². The van der Waals surface area contributed by atoms with Gasteiger partial charge < -0.3 is 10.2 Å². The minimum absolute atomic E-state index is 0.213. The lowest BCUT2D eigenvalue weighted by Gasteiger charge is -2.13. The number of nitrogens with zero attached hydrogens (tertiary/aromatic N) is 5. The van der Waals surface area contributed by atoms with Gasteiger partial charge in [-0.1, -0.05) is 12.1 Å². The predicted molar refractivity (Wildman–Crippen MR) is 135 cm³/mol. The molecule has 0 atom stereocenters. The first kappa shape index (κ1) is 21.2. The van der Waals surface area contributed by atoms with Gasteiger partial charge in [-0.25, -0.2) is 9.97 Å². The molecule has 7 nitrogen and oxygen atoms in total. The fourth-order valence-corrected chi connectivity index (χ4v) is 3.60. The minimum atomic E-state index is -0.213. The van der Waals surface area contributed by atoms with E-state index in [1.165, 1.54) is 0 Å². The van der Waals surface area contributed by atoms with Crippen LogP contribution < -0.4 is 10.2 Å². The Hall–Kier alpha value is -4.65. The molecule has 1 amide bonds. The quantitative estimate of drug-likeness (QED) is 0.406. The first-order valence-corrected chi connectivity index (χ1v) is 10.8. The lowest BCUT2D eigenvalue weighted by Crippen LogP contribution is -2.13. The Morgan fingerprint density at radius 2 is 1.35 bits per heavy atom. The van der Waals surface area contributed by atoms with Crippen LogP contribution in [-0.4, -0.2) is 39.9 Å². The summed E-state index contributed by atoms with van der Waals surface area (Å²) in [5, 5.41) is 2.94. The molecule has 5 aromatic rings. The number of carbonyl (C=O) groups excluding carboxylic acids is 1. The molecule has 0 aliphatic carbocycles. The highest BCUT2D eigenvalue weighted by Crippen LogP contribution is 2.29. The van der Waals surface area contributed by atoms with Gasteiger partial charge in [0.15, 0.2) is 0 Å². The number of anilines is 2. The van der Waals surface area contributed by atoms with Gasteiger partial charge in [0.2, 0.25) is 0 Å². The third kappa shape index (κ3) is 4.31. The van der Waals surface area contributed by atoms with E-state index >= 15 is 0 Å². The van der Waals surface area contributed by atoms with Gasteiger partial charge in [0, 0.05) is 43.4 Å². The number of fused-ring (bicyclic) bond motifs is 1. The molecule has 166 valence electrons. The van der Waals surface area contributed by atoms with Crippen LogP contribution in [0.15, 0.2) is 91.3 Å². The Morgan fingerprint density at radius 3 is 1.91 bits per heavy atom. The first-order valence-electron chi connectivity index (χ1n) is 10.8. The van der Waals surface area contributed by atoms with Gasteiger partial charge in [-0.3, -0.25) is 14.8 Å². The molecule has 5 rings (SSSR count). The summed E-state index contributed by atoms with van der Waals surface area (Å²) in [5.74, 6) is -0.213. The lowest BCUT2D eigenvalue weighted by molar-refractivity contribution is 0.102. The topological polar surface area (TPSA) is 83.9 Å². The number of hydrogen-bond acceptors (Lipinski definition) is 6. The molecular formula is C27H22N6O. The van der Waals surface area contributed by atoms with Crippen LogP contribution in [0.5, 0.6) is 0 Å². The Labute approximate surface area is 197 Å². The van der Waals surface area contributed by atoms with Crippen LogP contribution in [0.2, 0.25) is 0 Å². The summed E-state index contributed by atoms with van der Waals surface area (Å²) < 4.78 is 0. The van der Waals surface area contributed by atoms with Crippen LogP contribution in [0.1, 0.15) is 10.4 Å². The summed E-state index contributed by atoms with van der Waals surface area (Å²) in [6.07, 6.45) is 3.44. The second-order valence-electron chi connectivity index (χ2n) is 7.95. The summed E-state index contributed by atoms with van der Waals surface area (Å²) in [6.45, 7) is 0. The molecule has 0 aliphatic heterocycles. The van der Waals surface area contributed by atoms with E-state index in [-0.39, 0.29) is 5.91 Å². The zero-order valence-corrected chi connectivity index (χ0v) is 18.8. The first-order chi connectivity index (χ1) is 16.6. The molecule has 3 heterocycles. The summed E-state index contributed by atoms with van der Waals surface area (Å²) in [4.78, 5) is 33.5. The van der Waals surface area contributed by atoms with Gasteiger partial charge in [-0.05, 0) is 66.7 Å². The molecule has 0 unspecified atom stereocenters. The van der Waals surface area contributed by atoms with Crippen LogP contribution in [0.3, 0.4) is 0 Å². The van der Waals surface area contributed by atoms with E-state index in [0.29, 0.717) is 39.4 Å². The normalized spacial score (nSPS) is 10.8. The lowest BCUT2D eigenvalue weighted by atomic mass is 10.1. The number of pyridine rings is 2. The van der Waals surface area contributed by atoms with Crippen molar-refractivity contribution in [2.24, 2.45) is 0 Å². The number of aromatic nitrogens is 4. The van der Waals surface area contributed by atoms with Crippen molar-refractivity contribution >= 4 is 28.3 Å². The van der Waals surface area contributed by atoms with E-state index in [4.69, 9.17) is 9.97 Å². The SMILES string of the molecule is CN(C)c1ccc(NC(=O)c2ccc3nc(-c4ccccn4)c(-c4ccccn4)nc3c2)cc1. The largest absolute Gasteiger partial charge is 0.378 e. The Bertz CT molecular complexity index is 1450. The van der Waals surface area contributed by atoms with Crippen molar-refractivity contribution in [3.05, 3.63) is 96.8 Å². The van der Waals surface area contributed by atoms with Gasteiger partial charge >= 0.3 is 0 Å². The zero-order chi connectivity index (χ0) is 23.5. The molecule has 3 aromatic heterocycles. The average molecular weight is 447 g/mol. The maximum absolute atomic E-state index is 12.9. The fraction of sp³-hybridized carbons (Fsp3) is 0.0741. The Balaban J connectivity index is 1.53. The third-order valence-corrected chi connectivity index (χ3v) is 5.38. The van der Waals surface area contributed by atoms with E-state index in [1.807, 2.05) is 79.7 Å². The van der Waals surface area contributed by atoms with Crippen molar-refractivity contribution in [2.75, 3.05) is 24.3 Å². The van der Waals surface area contributed by atoms with Gasteiger partial charge in [0.05, 0.1) is 22.4 Å². The highest BCUT2D eigenvalue weighted by atomic mass is 16.1. The molecule has 0 bridgehead atoms. The van der Waals surface area contributed by atoms with Crippen LogP contribution >= 0.6 is 0 Å². The molecule has 0 spiro atoms. The van der Waals surface area contributed by atoms with Crippen molar-refractivity contribution in [2.45, 2.75) is 0 Å². The molecule has 2 aromatic carbocycles. The van der Waals surface area contributed by atoms with E-state index < -0.39 is 0 Å². The van der Waals surface area contributed by atoms with Crippen molar-refractivity contribution in [3.63, 3.8) is 0 Å². The van der Waals surface area contributed by atoms with Crippen LogP contribution in [-0.2, 0) is 0 Å². The van der Waals surface area contributed by atoms with Gasteiger partial charge in [-0.2, -0.15) is 0 Å². The fourth-order valence-electron chi connectivity index (χ4n) is 3.60. The Kier molecular flexibility index (Phi) is 5.66. The van der Waals surface area contributed by atoms with Crippen LogP contribution in [0.25, 0.3) is 33.8 Å². The van der Waals surface area contributed by atoms with Gasteiger partial charge in [0.25, 0.3) is 5.91 Å². The smallest absolute Gasteiger partial charge is 0.255 e. The zero-order valence-electron chi connectivity index (χ0n) is 18.8. The molecule has 34 heavy (non-hydrogen) atoms. The second-order valence-corrected chi connectivity index (χ2v) is 7.95. The summed E-state index contributed by atoms with van der Waals surface area (Å²) in [6, 6.07) is 24.3. The number of amides is 1. The minimum Gasteiger partial charge on any atom is -0.378 e. The summed E-state index contributed by atoms with van der Waals surface area (Å²) in [5.41, 5.74) is 6.22. The summed E-state index contributed by atoms with van der Waals surface area (Å²) >= 11 is 0. The predicted octanol–water partition coefficient (Wildman–Crippen LogP) is 5.07. The molecule has 0 saturated carbocycles. The number of nitrogens with one attached hydrogen (secondary N) is 1.